The summed E-state index contributed by atoms with van der Waals surface area (Å²) >= 11 is 0. The molecule has 0 aliphatic carbocycles. The number of imide groups is 1. The van der Waals surface area contributed by atoms with Gasteiger partial charge in [0.2, 0.25) is 11.8 Å². The highest BCUT2D eigenvalue weighted by atomic mass is 19.1. The van der Waals surface area contributed by atoms with Crippen LogP contribution in [0.4, 0.5) is 26.0 Å². The zero-order chi connectivity index (χ0) is 39.0. The van der Waals surface area contributed by atoms with Gasteiger partial charge in [-0.15, -0.1) is 0 Å². The number of nitrogens with zero attached hydrogens (tertiary/aromatic N) is 7. The predicted octanol–water partition coefficient (Wildman–Crippen LogP) is 4.88. The third-order valence-electron chi connectivity index (χ3n) is 11.9. The van der Waals surface area contributed by atoms with E-state index in [1.165, 1.54) is 4.90 Å². The Bertz CT molecular complexity index is 2520. The monoisotopic (exact) mass is 756 g/mol. The average Bonchev–Trinajstić information content (AvgIpc) is 3.80. The molecule has 15 heteroatoms. The van der Waals surface area contributed by atoms with E-state index in [0.717, 1.165) is 46.2 Å². The maximum absolute atomic E-state index is 16.1. The van der Waals surface area contributed by atoms with Crippen LogP contribution in [-0.2, 0) is 29.6 Å². The van der Waals surface area contributed by atoms with Crippen LogP contribution in [0.2, 0.25) is 0 Å². The third-order valence-corrected chi connectivity index (χ3v) is 11.9. The Balaban J connectivity index is 0.944. The minimum absolute atomic E-state index is 0.0754. The number of carbonyl (C=O) groups excluding carboxylic acids is 3. The van der Waals surface area contributed by atoms with Crippen molar-refractivity contribution in [2.45, 2.75) is 69.9 Å². The van der Waals surface area contributed by atoms with Crippen LogP contribution >= 0.6 is 0 Å². The van der Waals surface area contributed by atoms with Gasteiger partial charge in [0.15, 0.2) is 0 Å². The van der Waals surface area contributed by atoms with Crippen molar-refractivity contribution in [2.75, 3.05) is 29.4 Å². The predicted molar refractivity (Wildman–Crippen MR) is 208 cm³/mol. The third kappa shape index (κ3) is 5.95. The largest absolute Gasteiger partial charge is 0.368 e. The average molecular weight is 757 g/mol. The summed E-state index contributed by atoms with van der Waals surface area (Å²) < 4.78 is 34.6. The van der Waals surface area contributed by atoms with Gasteiger partial charge in [-0.25, -0.2) is 9.37 Å². The summed E-state index contributed by atoms with van der Waals surface area (Å²) in [4.78, 5) is 60.2. The molecule has 4 aliphatic heterocycles. The molecule has 4 atom stereocenters. The van der Waals surface area contributed by atoms with E-state index in [1.807, 2.05) is 35.2 Å². The van der Waals surface area contributed by atoms with Gasteiger partial charge in [0.05, 0.1) is 30.4 Å². The smallest absolute Gasteiger partial charge is 0.255 e. The highest BCUT2D eigenvalue weighted by Crippen LogP contribution is 2.42. The molecule has 5 aromatic rings. The Morgan fingerprint density at radius 1 is 0.982 bits per heavy atom. The van der Waals surface area contributed by atoms with Crippen molar-refractivity contribution in [3.05, 3.63) is 99.2 Å². The first-order valence-electron chi connectivity index (χ1n) is 19.0. The van der Waals surface area contributed by atoms with Crippen molar-refractivity contribution in [1.29, 1.82) is 0 Å². The molecule has 0 saturated carbocycles. The second-order valence-corrected chi connectivity index (χ2v) is 15.3. The van der Waals surface area contributed by atoms with Gasteiger partial charge in [0.25, 0.3) is 11.5 Å². The number of piperidine rings is 2. The molecular weight excluding hydrogens is 717 g/mol. The van der Waals surface area contributed by atoms with Crippen molar-refractivity contribution in [2.24, 2.45) is 7.05 Å². The number of benzene rings is 2. The van der Waals surface area contributed by atoms with Gasteiger partial charge < -0.3 is 19.3 Å². The quantitative estimate of drug-likeness (QED) is 0.192. The van der Waals surface area contributed by atoms with E-state index in [0.29, 0.717) is 47.6 Å². The maximum Gasteiger partial charge on any atom is 0.255 e. The summed E-state index contributed by atoms with van der Waals surface area (Å²) in [6, 6.07) is 11.6. The molecular formula is C41H39BF2N8O4. The summed E-state index contributed by atoms with van der Waals surface area (Å²) in [5.41, 5.74) is 6.66. The molecule has 0 bridgehead atoms. The first kappa shape index (κ1) is 35.8. The van der Waals surface area contributed by atoms with Gasteiger partial charge in [-0.2, -0.15) is 5.10 Å². The molecule has 4 unspecified atom stereocenters. The number of rotatable bonds is 6. The van der Waals surface area contributed by atoms with Gasteiger partial charge >= 0.3 is 0 Å². The van der Waals surface area contributed by atoms with Crippen molar-refractivity contribution < 1.29 is 23.2 Å². The van der Waals surface area contributed by atoms with Crippen LogP contribution in [0.1, 0.15) is 70.4 Å². The van der Waals surface area contributed by atoms with Crippen molar-refractivity contribution in [3.8, 4) is 11.1 Å². The standard InChI is InChI=1S/C41H39BF2N8O4/c1-22-14-30-32(48(2)40(22)55)9-11-45-38(30)50-12-3-4-23-16-28(29(37(42)44)17-35(23)50)25-18-46-52(20-25)33-10-13-49(21-31(33)43)26-5-6-27-24(15-26)19-51(41(27)56)34-7-8-36(53)47-39(34)54/h5-6,9,11,14-18,20,31,33-34,37H,3-4,7-8,10,12-13,19,21H2,1-2H3,(H,47,53,54). The van der Waals surface area contributed by atoms with Crippen LogP contribution in [0.5, 0.6) is 0 Å². The van der Waals surface area contributed by atoms with Gasteiger partial charge in [0.1, 0.15) is 25.9 Å². The summed E-state index contributed by atoms with van der Waals surface area (Å²) in [6.07, 6.45) is 4.52. The second-order valence-electron chi connectivity index (χ2n) is 15.3. The molecule has 2 aromatic carbocycles. The van der Waals surface area contributed by atoms with E-state index in [1.54, 1.807) is 53.9 Å². The Morgan fingerprint density at radius 3 is 2.61 bits per heavy atom. The molecule has 56 heavy (non-hydrogen) atoms. The van der Waals surface area contributed by atoms with E-state index in [-0.39, 0.29) is 48.9 Å². The van der Waals surface area contributed by atoms with Crippen molar-refractivity contribution in [1.82, 2.24) is 29.5 Å². The van der Waals surface area contributed by atoms with E-state index in [9.17, 15) is 19.2 Å². The molecule has 284 valence electrons. The lowest BCUT2D eigenvalue weighted by Crippen LogP contribution is -2.52. The normalized spacial score (nSPS) is 21.7. The molecule has 2 radical (unpaired) electrons. The molecule has 2 fully saturated rings. The molecule has 12 nitrogen and oxygen atoms in total. The topological polar surface area (TPSA) is 126 Å². The number of anilines is 3. The summed E-state index contributed by atoms with van der Waals surface area (Å²) in [5, 5.41) is 7.71. The van der Waals surface area contributed by atoms with Gasteiger partial charge in [-0.05, 0) is 97.3 Å². The minimum atomic E-state index is -1.79. The fourth-order valence-electron chi connectivity index (χ4n) is 8.94. The number of nitrogens with one attached hydrogen (secondary N) is 1. The van der Waals surface area contributed by atoms with E-state index >= 15 is 8.78 Å². The number of hydrogen-bond donors (Lipinski definition) is 1. The minimum Gasteiger partial charge on any atom is -0.368 e. The number of carbonyl (C=O) groups is 3. The molecule has 1 N–H and O–H groups in total. The van der Waals surface area contributed by atoms with Crippen LogP contribution in [-0.4, -0.2) is 81.6 Å². The zero-order valence-corrected chi connectivity index (χ0v) is 31.0. The molecule has 7 heterocycles. The molecule has 3 amide bonds. The molecule has 0 spiro atoms. The fraction of sp³-hybridized carbons (Fsp3) is 0.366. The first-order chi connectivity index (χ1) is 27.0. The SMILES string of the molecule is [B]C(F)c1cc2c(cc1-c1cnn(C3CCN(c4ccc5c(c4)CN(C4CCC(=O)NC4=O)C5=O)CC3F)c1)CCCN2c1nccc2c1cc(C)c(=O)n2C. The van der Waals surface area contributed by atoms with Crippen LogP contribution in [0.25, 0.3) is 22.0 Å². The van der Waals surface area contributed by atoms with Gasteiger partial charge in [0, 0.05) is 78.9 Å². The number of aryl methyl sites for hydroxylation is 3. The van der Waals surface area contributed by atoms with Crippen LogP contribution < -0.4 is 20.7 Å². The number of halogens is 2. The van der Waals surface area contributed by atoms with Crippen molar-refractivity contribution in [3.63, 3.8) is 0 Å². The Morgan fingerprint density at radius 2 is 1.82 bits per heavy atom. The number of aromatic nitrogens is 4. The lowest BCUT2D eigenvalue weighted by molar-refractivity contribution is -0.136. The first-order valence-corrected chi connectivity index (χ1v) is 19.0. The number of hydrogen-bond acceptors (Lipinski definition) is 8. The molecule has 3 aromatic heterocycles. The Labute approximate surface area is 322 Å². The van der Waals surface area contributed by atoms with Crippen LogP contribution in [0.3, 0.4) is 0 Å². The van der Waals surface area contributed by atoms with Crippen LogP contribution in [0, 0.1) is 6.92 Å². The highest BCUT2D eigenvalue weighted by Gasteiger charge is 2.40. The number of fused-ring (bicyclic) bond motifs is 3. The van der Waals surface area contributed by atoms with Crippen molar-refractivity contribution >= 4 is 53.7 Å². The summed E-state index contributed by atoms with van der Waals surface area (Å²) in [6.45, 7) is 3.32. The highest BCUT2D eigenvalue weighted by molar-refractivity contribution is 6.12. The Kier molecular flexibility index (Phi) is 8.77. The summed E-state index contributed by atoms with van der Waals surface area (Å²) in [7, 11) is 7.72. The zero-order valence-electron chi connectivity index (χ0n) is 31.0. The second kappa shape index (κ2) is 13.7. The fourth-order valence-corrected chi connectivity index (χ4v) is 8.94. The number of pyridine rings is 2. The van der Waals surface area contributed by atoms with E-state index in [2.05, 4.69) is 15.3 Å². The van der Waals surface area contributed by atoms with E-state index < -0.39 is 30.2 Å². The van der Waals surface area contributed by atoms with E-state index in [4.69, 9.17) is 12.8 Å². The Hall–Kier alpha value is -5.86. The number of amides is 3. The van der Waals surface area contributed by atoms with Crippen LogP contribution in [0.15, 0.2) is 65.8 Å². The lowest BCUT2D eigenvalue weighted by atomic mass is 9.85. The molecule has 2 saturated heterocycles. The lowest BCUT2D eigenvalue weighted by Gasteiger charge is -2.36. The van der Waals surface area contributed by atoms with Gasteiger partial charge in [-0.1, -0.05) is 0 Å². The molecule has 4 aliphatic rings. The number of alkyl halides is 2. The van der Waals surface area contributed by atoms with Gasteiger partial charge in [-0.3, -0.25) is 33.6 Å². The molecule has 9 rings (SSSR count). The summed E-state index contributed by atoms with van der Waals surface area (Å²) in [5.74, 6) is -0.370. The maximum atomic E-state index is 16.1.